The van der Waals surface area contributed by atoms with E-state index < -0.39 is 0 Å². The molecule has 1 amide bonds. The summed E-state index contributed by atoms with van der Waals surface area (Å²) >= 11 is 1.49. The molecule has 2 heterocycles. The number of amides is 1. The van der Waals surface area contributed by atoms with Gasteiger partial charge in [0.1, 0.15) is 19.0 Å². The highest BCUT2D eigenvalue weighted by molar-refractivity contribution is 7.16. The molecule has 1 aliphatic heterocycles. The average molecular weight is 427 g/mol. The van der Waals surface area contributed by atoms with E-state index in [4.69, 9.17) is 14.2 Å². The maximum atomic E-state index is 12.9. The number of aryl methyl sites for hydroxylation is 1. The Kier molecular flexibility index (Phi) is 6.38. The van der Waals surface area contributed by atoms with Crippen molar-refractivity contribution < 1.29 is 19.0 Å². The molecular formula is C23H26N2O4S. The second-order valence-electron chi connectivity index (χ2n) is 7.15. The summed E-state index contributed by atoms with van der Waals surface area (Å²) in [6, 6.07) is 11.2. The van der Waals surface area contributed by atoms with Crippen molar-refractivity contribution in [1.29, 1.82) is 0 Å². The molecule has 6 nitrogen and oxygen atoms in total. The predicted octanol–water partition coefficient (Wildman–Crippen LogP) is 4.80. The van der Waals surface area contributed by atoms with Gasteiger partial charge in [-0.15, -0.1) is 0 Å². The maximum absolute atomic E-state index is 12.9. The Morgan fingerprint density at radius 3 is 2.70 bits per heavy atom. The smallest absolute Gasteiger partial charge is 0.279 e. The van der Waals surface area contributed by atoms with Gasteiger partial charge >= 0.3 is 0 Å². The van der Waals surface area contributed by atoms with Gasteiger partial charge in [0.15, 0.2) is 16.3 Å². The van der Waals surface area contributed by atoms with Crippen LogP contribution in [0.25, 0.3) is 10.2 Å². The molecule has 0 unspecified atom stereocenters. The van der Waals surface area contributed by atoms with Crippen LogP contribution in [0.5, 0.6) is 17.2 Å². The molecule has 0 saturated heterocycles. The van der Waals surface area contributed by atoms with Crippen LogP contribution in [0.3, 0.4) is 0 Å². The van der Waals surface area contributed by atoms with E-state index in [1.165, 1.54) is 11.3 Å². The number of fused-ring (bicyclic) bond motifs is 2. The Balaban J connectivity index is 1.70. The Bertz CT molecular complexity index is 1120. The van der Waals surface area contributed by atoms with Crippen LogP contribution in [-0.2, 0) is 6.54 Å². The van der Waals surface area contributed by atoms with E-state index in [0.717, 1.165) is 47.5 Å². The molecule has 0 fully saturated rings. The predicted molar refractivity (Wildman–Crippen MR) is 118 cm³/mol. The fourth-order valence-corrected chi connectivity index (χ4v) is 4.40. The zero-order valence-electron chi connectivity index (χ0n) is 17.3. The largest absolute Gasteiger partial charge is 0.494 e. The van der Waals surface area contributed by atoms with Crippen LogP contribution in [-0.4, -0.2) is 30.3 Å². The summed E-state index contributed by atoms with van der Waals surface area (Å²) in [5.74, 6) is 1.91. The summed E-state index contributed by atoms with van der Waals surface area (Å²) in [7, 11) is 0. The number of carbonyl (C=O) groups is 1. The Labute approximate surface area is 179 Å². The molecule has 1 aliphatic rings. The lowest BCUT2D eigenvalue weighted by Crippen LogP contribution is -2.17. The van der Waals surface area contributed by atoms with Gasteiger partial charge in [0.25, 0.3) is 5.91 Å². The highest BCUT2D eigenvalue weighted by atomic mass is 32.1. The summed E-state index contributed by atoms with van der Waals surface area (Å²) in [6.07, 6.45) is 2.98. The van der Waals surface area contributed by atoms with Gasteiger partial charge in [0.2, 0.25) is 0 Å². The first-order chi connectivity index (χ1) is 14.7. The van der Waals surface area contributed by atoms with E-state index >= 15 is 0 Å². The number of unbranched alkanes of at least 4 members (excludes halogenated alkanes) is 1. The molecule has 7 heteroatoms. The van der Waals surface area contributed by atoms with Crippen LogP contribution in [0.15, 0.2) is 41.4 Å². The first-order valence-corrected chi connectivity index (χ1v) is 11.3. The molecule has 0 N–H and O–H groups in total. The first kappa shape index (κ1) is 20.5. The lowest BCUT2D eigenvalue weighted by atomic mass is 10.2. The van der Waals surface area contributed by atoms with E-state index in [1.54, 1.807) is 12.1 Å². The van der Waals surface area contributed by atoms with E-state index in [2.05, 4.69) is 23.4 Å². The van der Waals surface area contributed by atoms with Gasteiger partial charge in [0.05, 0.1) is 16.8 Å². The molecule has 2 aromatic carbocycles. The van der Waals surface area contributed by atoms with Crippen molar-refractivity contribution in [3.8, 4) is 17.2 Å². The number of benzene rings is 2. The van der Waals surface area contributed by atoms with Gasteiger partial charge < -0.3 is 18.8 Å². The minimum atomic E-state index is -0.274. The summed E-state index contributed by atoms with van der Waals surface area (Å²) in [5.41, 5.74) is 1.53. The molecule has 158 valence electrons. The normalized spacial score (nSPS) is 13.6. The molecule has 0 atom stereocenters. The number of carbonyl (C=O) groups excluding carboxylic acids is 1. The second kappa shape index (κ2) is 9.34. The third kappa shape index (κ3) is 4.36. The van der Waals surface area contributed by atoms with Crippen LogP contribution in [0, 0.1) is 0 Å². The standard InChI is InChI=1S/C23H26N2O4S/c1-3-5-10-27-17-8-6-7-16(13-17)22(26)24-23-25(9-4-2)18-14-19-20(15-21(18)30-23)29-12-11-28-19/h6-8,13-15H,3-5,9-12H2,1-2H3. The molecule has 0 spiro atoms. The van der Waals surface area contributed by atoms with Crippen LogP contribution in [0.4, 0.5) is 0 Å². The fraction of sp³-hybridized carbons (Fsp3) is 0.391. The highest BCUT2D eigenvalue weighted by Crippen LogP contribution is 2.35. The van der Waals surface area contributed by atoms with Gasteiger partial charge in [-0.05, 0) is 31.0 Å². The van der Waals surface area contributed by atoms with Gasteiger partial charge in [0, 0.05) is 24.2 Å². The minimum absolute atomic E-state index is 0.274. The van der Waals surface area contributed by atoms with Crippen molar-refractivity contribution in [2.45, 2.75) is 39.7 Å². The van der Waals surface area contributed by atoms with Crippen molar-refractivity contribution in [2.75, 3.05) is 19.8 Å². The molecule has 0 saturated carbocycles. The fourth-order valence-electron chi connectivity index (χ4n) is 3.34. The van der Waals surface area contributed by atoms with Gasteiger partial charge in [-0.1, -0.05) is 37.7 Å². The van der Waals surface area contributed by atoms with Crippen LogP contribution in [0.2, 0.25) is 0 Å². The third-order valence-electron chi connectivity index (χ3n) is 4.84. The Hall–Kier alpha value is -2.80. The molecule has 0 aliphatic carbocycles. The number of ether oxygens (including phenoxy) is 3. The first-order valence-electron chi connectivity index (χ1n) is 10.4. The summed E-state index contributed by atoms with van der Waals surface area (Å²) in [6.45, 7) is 6.73. The molecule has 1 aromatic heterocycles. The number of aromatic nitrogens is 1. The van der Waals surface area contributed by atoms with Crippen molar-refractivity contribution in [1.82, 2.24) is 4.57 Å². The number of rotatable bonds is 7. The van der Waals surface area contributed by atoms with Crippen LogP contribution < -0.4 is 19.0 Å². The van der Waals surface area contributed by atoms with Crippen molar-refractivity contribution >= 4 is 27.5 Å². The third-order valence-corrected chi connectivity index (χ3v) is 5.88. The number of hydrogen-bond donors (Lipinski definition) is 0. The summed E-state index contributed by atoms with van der Waals surface area (Å²) < 4.78 is 20.3. The average Bonchev–Trinajstić information content (AvgIpc) is 3.08. The zero-order valence-corrected chi connectivity index (χ0v) is 18.2. The van der Waals surface area contributed by atoms with Crippen LogP contribution in [0.1, 0.15) is 43.5 Å². The number of nitrogens with zero attached hydrogens (tertiary/aromatic N) is 2. The highest BCUT2D eigenvalue weighted by Gasteiger charge is 2.17. The summed E-state index contributed by atoms with van der Waals surface area (Å²) in [5, 5.41) is 0. The lowest BCUT2D eigenvalue weighted by Gasteiger charge is -2.18. The van der Waals surface area contributed by atoms with Gasteiger partial charge in [-0.25, -0.2) is 0 Å². The second-order valence-corrected chi connectivity index (χ2v) is 8.16. The molecule has 4 rings (SSSR count). The van der Waals surface area contributed by atoms with Crippen molar-refractivity contribution in [3.05, 3.63) is 46.8 Å². The quantitative estimate of drug-likeness (QED) is 0.509. The molecule has 0 bridgehead atoms. The SMILES string of the molecule is CCCCOc1cccc(C(=O)N=c2sc3cc4c(cc3n2CCC)OCCO4)c1. The van der Waals surface area contributed by atoms with E-state index in [0.29, 0.717) is 35.9 Å². The van der Waals surface area contributed by atoms with E-state index in [1.807, 2.05) is 24.3 Å². The lowest BCUT2D eigenvalue weighted by molar-refractivity contribution is 0.0997. The van der Waals surface area contributed by atoms with E-state index in [9.17, 15) is 4.79 Å². The van der Waals surface area contributed by atoms with Gasteiger partial charge in [-0.3, -0.25) is 4.79 Å². The van der Waals surface area contributed by atoms with Crippen molar-refractivity contribution in [2.24, 2.45) is 4.99 Å². The zero-order chi connectivity index (χ0) is 20.9. The minimum Gasteiger partial charge on any atom is -0.494 e. The summed E-state index contributed by atoms with van der Waals surface area (Å²) in [4.78, 5) is 18.0. The van der Waals surface area contributed by atoms with Gasteiger partial charge in [-0.2, -0.15) is 4.99 Å². The maximum Gasteiger partial charge on any atom is 0.279 e. The molecule has 0 radical (unpaired) electrons. The number of thiazole rings is 1. The van der Waals surface area contributed by atoms with Crippen molar-refractivity contribution in [3.63, 3.8) is 0 Å². The molecule has 3 aromatic rings. The van der Waals surface area contributed by atoms with E-state index in [-0.39, 0.29) is 5.91 Å². The molecule has 30 heavy (non-hydrogen) atoms. The molecular weight excluding hydrogens is 400 g/mol. The number of hydrogen-bond acceptors (Lipinski definition) is 5. The Morgan fingerprint density at radius 1 is 1.13 bits per heavy atom. The van der Waals surface area contributed by atoms with Crippen LogP contribution >= 0.6 is 11.3 Å². The monoisotopic (exact) mass is 426 g/mol. The Morgan fingerprint density at radius 2 is 1.93 bits per heavy atom. The topological polar surface area (TPSA) is 62.0 Å².